The topological polar surface area (TPSA) is 154 Å². The zero-order chi connectivity index (χ0) is 24.2. The molecule has 4 rings (SSSR count). The molecule has 0 unspecified atom stereocenters. The summed E-state index contributed by atoms with van der Waals surface area (Å²) in [5.74, 6) is -1.13. The van der Waals surface area contributed by atoms with E-state index in [2.05, 4.69) is 36.7 Å². The molecule has 174 valence electrons. The molecule has 13 heteroatoms. The minimum absolute atomic E-state index is 0.164. The van der Waals surface area contributed by atoms with Crippen molar-refractivity contribution in [3.8, 4) is 11.1 Å². The summed E-state index contributed by atoms with van der Waals surface area (Å²) in [7, 11) is 0. The van der Waals surface area contributed by atoms with Crippen molar-refractivity contribution in [2.45, 2.75) is 13.8 Å². The third-order valence-electron chi connectivity index (χ3n) is 4.77. The first-order valence-corrected chi connectivity index (χ1v) is 12.0. The van der Waals surface area contributed by atoms with Gasteiger partial charge < -0.3 is 10.6 Å². The van der Waals surface area contributed by atoms with E-state index in [1.807, 2.05) is 6.07 Å². The van der Waals surface area contributed by atoms with Gasteiger partial charge >= 0.3 is 0 Å². The number of hydrogen-bond acceptors (Lipinski definition) is 9. The van der Waals surface area contributed by atoms with E-state index in [1.54, 1.807) is 38.1 Å². The number of aromatic nitrogens is 1. The summed E-state index contributed by atoms with van der Waals surface area (Å²) in [6.45, 7) is 3.33. The van der Waals surface area contributed by atoms with E-state index in [0.717, 1.165) is 0 Å². The first-order valence-electron chi connectivity index (χ1n) is 10.0. The fourth-order valence-corrected chi connectivity index (χ4v) is 4.66. The van der Waals surface area contributed by atoms with E-state index in [-0.39, 0.29) is 44.8 Å². The smallest absolute Gasteiger partial charge is 0.273 e. The number of nitrogens with zero attached hydrogens (tertiary/aromatic N) is 3. The number of rotatable bonds is 5. The molecule has 1 aromatic heterocycles. The van der Waals surface area contributed by atoms with Gasteiger partial charge in [0.25, 0.3) is 11.8 Å². The average Bonchev–Trinajstić information content (AvgIpc) is 3.43. The summed E-state index contributed by atoms with van der Waals surface area (Å²) in [5.41, 5.74) is 7.01. The molecule has 0 aliphatic carbocycles. The Morgan fingerprint density at radius 2 is 1.32 bits per heavy atom. The highest BCUT2D eigenvalue weighted by molar-refractivity contribution is 8.15. The third-order valence-corrected chi connectivity index (χ3v) is 6.51. The fourth-order valence-electron chi connectivity index (χ4n) is 3.39. The van der Waals surface area contributed by atoms with Crippen LogP contribution in [0, 0.1) is 13.8 Å². The lowest BCUT2D eigenvalue weighted by Gasteiger charge is -2.17. The number of carbonyl (C=O) groups excluding carboxylic acids is 4. The number of pyridine rings is 1. The molecule has 0 spiro atoms. The lowest BCUT2D eigenvalue weighted by molar-refractivity contribution is -0.117. The first kappa shape index (κ1) is 23.4. The van der Waals surface area contributed by atoms with Crippen LogP contribution in [0.1, 0.15) is 32.1 Å². The normalized spacial score (nSPS) is 17.6. The number of hydrogen-bond donors (Lipinski definition) is 4. The quantitative estimate of drug-likeness (QED) is 0.451. The van der Waals surface area contributed by atoms with Crippen molar-refractivity contribution in [3.63, 3.8) is 0 Å². The Morgan fingerprint density at radius 3 is 1.74 bits per heavy atom. The zero-order valence-electron chi connectivity index (χ0n) is 18.1. The Morgan fingerprint density at radius 1 is 0.853 bits per heavy atom. The van der Waals surface area contributed by atoms with Crippen LogP contribution in [-0.4, -0.2) is 50.5 Å². The molecule has 2 aliphatic heterocycles. The highest BCUT2D eigenvalue weighted by Crippen LogP contribution is 2.31. The Hall–Kier alpha value is -3.71. The minimum Gasteiger partial charge on any atom is -0.303 e. The van der Waals surface area contributed by atoms with E-state index < -0.39 is 11.8 Å². The number of benzene rings is 1. The van der Waals surface area contributed by atoms with Gasteiger partial charge in [-0.15, -0.1) is 10.2 Å². The van der Waals surface area contributed by atoms with Crippen LogP contribution in [0.4, 0.5) is 0 Å². The third kappa shape index (κ3) is 5.10. The predicted molar refractivity (Wildman–Crippen MR) is 130 cm³/mol. The largest absolute Gasteiger partial charge is 0.303 e. The molecule has 2 aromatic rings. The van der Waals surface area contributed by atoms with Crippen molar-refractivity contribution < 1.29 is 19.2 Å². The highest BCUT2D eigenvalue weighted by atomic mass is 32.2. The van der Waals surface area contributed by atoms with E-state index in [9.17, 15) is 19.2 Å². The van der Waals surface area contributed by atoms with E-state index >= 15 is 0 Å². The van der Waals surface area contributed by atoms with E-state index in [0.29, 0.717) is 22.5 Å². The van der Waals surface area contributed by atoms with Crippen LogP contribution in [0.3, 0.4) is 0 Å². The summed E-state index contributed by atoms with van der Waals surface area (Å²) in [6, 6.07) is 8.96. The molecule has 11 nitrogen and oxygen atoms in total. The molecule has 4 amide bonds. The van der Waals surface area contributed by atoms with Gasteiger partial charge in [0.15, 0.2) is 10.3 Å². The second-order valence-electron chi connectivity index (χ2n) is 7.16. The second-order valence-corrected chi connectivity index (χ2v) is 9.09. The molecule has 34 heavy (non-hydrogen) atoms. The van der Waals surface area contributed by atoms with Crippen molar-refractivity contribution >= 4 is 57.5 Å². The first-order chi connectivity index (χ1) is 16.3. The number of carbonyl (C=O) groups is 4. The van der Waals surface area contributed by atoms with Crippen molar-refractivity contribution in [2.24, 2.45) is 10.2 Å². The van der Waals surface area contributed by atoms with Gasteiger partial charge in [-0.2, -0.15) is 0 Å². The van der Waals surface area contributed by atoms with Crippen LogP contribution >= 0.6 is 23.5 Å². The van der Waals surface area contributed by atoms with Gasteiger partial charge in [0, 0.05) is 5.56 Å². The van der Waals surface area contributed by atoms with Gasteiger partial charge in [0.05, 0.1) is 34.0 Å². The van der Waals surface area contributed by atoms with Crippen LogP contribution in [0.25, 0.3) is 11.1 Å². The molecule has 0 saturated carbocycles. The summed E-state index contributed by atoms with van der Waals surface area (Å²) in [4.78, 5) is 53.6. The van der Waals surface area contributed by atoms with Gasteiger partial charge in [-0.1, -0.05) is 53.9 Å². The van der Waals surface area contributed by atoms with Gasteiger partial charge in [-0.3, -0.25) is 24.2 Å². The van der Waals surface area contributed by atoms with Crippen molar-refractivity contribution in [3.05, 3.63) is 52.8 Å². The molecule has 0 radical (unpaired) electrons. The minimum atomic E-state index is -0.586. The number of thioether (sulfide) groups is 2. The summed E-state index contributed by atoms with van der Waals surface area (Å²) < 4.78 is 0. The second kappa shape index (κ2) is 10.1. The Balaban J connectivity index is 1.75. The lowest BCUT2D eigenvalue weighted by atomic mass is 9.92. The molecule has 0 atom stereocenters. The maximum absolute atomic E-state index is 13.2. The molecule has 1 aromatic carbocycles. The van der Waals surface area contributed by atoms with Crippen molar-refractivity contribution in [1.82, 2.24) is 26.5 Å². The Bertz CT molecular complexity index is 1190. The highest BCUT2D eigenvalue weighted by Gasteiger charge is 2.27. The molecule has 2 saturated heterocycles. The van der Waals surface area contributed by atoms with Crippen molar-refractivity contribution in [2.75, 3.05) is 11.5 Å². The molecule has 4 N–H and O–H groups in total. The van der Waals surface area contributed by atoms with Crippen LogP contribution < -0.4 is 21.5 Å². The summed E-state index contributed by atoms with van der Waals surface area (Å²) >= 11 is 2.34. The maximum atomic E-state index is 13.2. The number of aryl methyl sites for hydroxylation is 2. The predicted octanol–water partition coefficient (Wildman–Crippen LogP) is 1.09. The van der Waals surface area contributed by atoms with E-state index in [1.165, 1.54) is 23.5 Å². The molecular weight excluding hydrogens is 478 g/mol. The van der Waals surface area contributed by atoms with Gasteiger partial charge in [0.1, 0.15) is 0 Å². The average molecular weight is 498 g/mol. The van der Waals surface area contributed by atoms with E-state index in [4.69, 9.17) is 0 Å². The SMILES string of the molecule is Cc1nc(C)c(C(=O)N/N=C2\NC(=O)CS2)c(-c2ccccc2)c1C(=O)N/N=C1\NC(=O)CS1. The number of amidine groups is 2. The molecule has 0 bridgehead atoms. The maximum Gasteiger partial charge on any atom is 0.273 e. The summed E-state index contributed by atoms with van der Waals surface area (Å²) in [5, 5.41) is 13.6. The molecular formula is C21H19N7O4S2. The lowest BCUT2D eigenvalue weighted by Crippen LogP contribution is -2.29. The van der Waals surface area contributed by atoms with Gasteiger partial charge in [-0.25, -0.2) is 10.9 Å². The number of nitrogens with one attached hydrogen (secondary N) is 4. The molecule has 2 aliphatic rings. The monoisotopic (exact) mass is 497 g/mol. The Labute approximate surface area is 202 Å². The Kier molecular flexibility index (Phi) is 6.93. The zero-order valence-corrected chi connectivity index (χ0v) is 19.7. The van der Waals surface area contributed by atoms with Crippen molar-refractivity contribution in [1.29, 1.82) is 0 Å². The van der Waals surface area contributed by atoms with Crippen LogP contribution in [-0.2, 0) is 9.59 Å². The number of hydrazone groups is 2. The van der Waals surface area contributed by atoms with Crippen LogP contribution in [0.2, 0.25) is 0 Å². The fraction of sp³-hybridized carbons (Fsp3) is 0.190. The summed E-state index contributed by atoms with van der Waals surface area (Å²) in [6.07, 6.45) is 0. The van der Waals surface area contributed by atoms with Gasteiger partial charge in [-0.05, 0) is 19.4 Å². The molecule has 2 fully saturated rings. The van der Waals surface area contributed by atoms with Crippen LogP contribution in [0.15, 0.2) is 40.5 Å². The van der Waals surface area contributed by atoms with Gasteiger partial charge in [0.2, 0.25) is 11.8 Å². The standard InChI is InChI=1S/C21H19N7O4S2/c1-10-15(18(31)25-27-20-23-13(29)8-33-20)17(12-6-4-3-5-7-12)16(11(2)22-10)19(32)26-28-21-24-14(30)9-34-21/h3-7H,8-9H2,1-2H3,(H,25,31)(H,26,32)(H,23,27,29)(H,24,28,30). The van der Waals surface area contributed by atoms with Crippen LogP contribution in [0.5, 0.6) is 0 Å². The number of amides is 4. The molecule has 3 heterocycles.